The first kappa shape index (κ1) is 9.57. The molecule has 2 rings (SSSR count). The summed E-state index contributed by atoms with van der Waals surface area (Å²) in [6.45, 7) is 0. The van der Waals surface area contributed by atoms with Crippen LogP contribution in [0.1, 0.15) is 0 Å². The number of nitrogen functional groups attached to an aromatic ring is 1. The number of ether oxygens (including phenoxy) is 1. The fourth-order valence-corrected chi connectivity index (χ4v) is 1.32. The number of nitrogens with two attached hydrogens (primary N) is 1. The van der Waals surface area contributed by atoms with Crippen LogP contribution in [0.5, 0.6) is 5.75 Å². The molecule has 0 aromatic carbocycles. The van der Waals surface area contributed by atoms with Crippen LogP contribution in [0.15, 0.2) is 10.6 Å². The van der Waals surface area contributed by atoms with Crippen LogP contribution >= 0.6 is 0 Å². The van der Waals surface area contributed by atoms with E-state index in [9.17, 15) is 0 Å². The molecule has 6 nitrogen and oxygen atoms in total. The minimum atomic E-state index is 0.291. The minimum Gasteiger partial charge on any atom is -0.496 e. The molecule has 2 N–H and O–H groups in total. The predicted molar refractivity (Wildman–Crippen MR) is 57.1 cm³/mol. The number of hydrogen-bond acceptors (Lipinski definition) is 6. The molecule has 0 saturated carbocycles. The molecule has 6 heteroatoms. The van der Waals surface area contributed by atoms with Crippen LogP contribution in [0.4, 0.5) is 11.6 Å². The lowest BCUT2D eigenvalue weighted by molar-refractivity contribution is 0.418. The number of rotatable bonds is 2. The standard InChI is InChI=1S/C9H12N4O2/c1-13(2)6-4-5(14-3)7-8(10)12-15-9(7)11-6/h4H,1-3H3,(H2,10,12). The third-order valence-corrected chi connectivity index (χ3v) is 2.10. The summed E-state index contributed by atoms with van der Waals surface area (Å²) in [6, 6.07) is 1.79. The lowest BCUT2D eigenvalue weighted by Crippen LogP contribution is -2.10. The van der Waals surface area contributed by atoms with Crippen LogP contribution in [0, 0.1) is 0 Å². The lowest BCUT2D eigenvalue weighted by Gasteiger charge is -2.11. The van der Waals surface area contributed by atoms with E-state index in [1.807, 2.05) is 19.0 Å². The molecule has 2 heterocycles. The summed E-state index contributed by atoms with van der Waals surface area (Å²) >= 11 is 0. The third kappa shape index (κ3) is 1.43. The largest absolute Gasteiger partial charge is 0.496 e. The van der Waals surface area contributed by atoms with E-state index in [4.69, 9.17) is 15.0 Å². The van der Waals surface area contributed by atoms with E-state index in [0.29, 0.717) is 22.7 Å². The van der Waals surface area contributed by atoms with E-state index in [-0.39, 0.29) is 0 Å². The van der Waals surface area contributed by atoms with Gasteiger partial charge in [-0.15, -0.1) is 0 Å². The van der Waals surface area contributed by atoms with E-state index in [1.165, 1.54) is 0 Å². The number of hydrogen-bond donors (Lipinski definition) is 1. The molecule has 0 fully saturated rings. The van der Waals surface area contributed by atoms with E-state index >= 15 is 0 Å². The molecule has 15 heavy (non-hydrogen) atoms. The first-order valence-corrected chi connectivity index (χ1v) is 4.40. The highest BCUT2D eigenvalue weighted by atomic mass is 16.5. The Morgan fingerprint density at radius 2 is 2.20 bits per heavy atom. The van der Waals surface area contributed by atoms with Crippen LogP contribution in [0.25, 0.3) is 11.1 Å². The zero-order chi connectivity index (χ0) is 11.0. The predicted octanol–water partition coefficient (Wildman–Crippen LogP) is 0.880. The summed E-state index contributed by atoms with van der Waals surface area (Å²) in [5.41, 5.74) is 6.03. The Balaban J connectivity index is 2.73. The maximum Gasteiger partial charge on any atom is 0.265 e. The molecule has 0 atom stereocenters. The Morgan fingerprint density at radius 1 is 1.47 bits per heavy atom. The normalized spacial score (nSPS) is 10.6. The average molecular weight is 208 g/mol. The van der Waals surface area contributed by atoms with Gasteiger partial charge in [0.05, 0.1) is 7.11 Å². The maximum absolute atomic E-state index is 5.64. The first-order chi connectivity index (χ1) is 7.13. The summed E-state index contributed by atoms with van der Waals surface area (Å²) < 4.78 is 10.2. The monoisotopic (exact) mass is 208 g/mol. The van der Waals surface area contributed by atoms with Gasteiger partial charge in [0.15, 0.2) is 5.82 Å². The van der Waals surface area contributed by atoms with Gasteiger partial charge in [-0.3, -0.25) is 0 Å². The van der Waals surface area contributed by atoms with Crippen LogP contribution < -0.4 is 15.4 Å². The van der Waals surface area contributed by atoms with Crippen LogP contribution in [0.3, 0.4) is 0 Å². The van der Waals surface area contributed by atoms with Crippen molar-refractivity contribution in [2.45, 2.75) is 0 Å². The van der Waals surface area contributed by atoms with Crippen LogP contribution in [-0.4, -0.2) is 31.3 Å². The fraction of sp³-hybridized carbons (Fsp3) is 0.333. The summed E-state index contributed by atoms with van der Waals surface area (Å²) in [5.74, 6) is 1.64. The SMILES string of the molecule is COc1cc(N(C)C)nc2onc(N)c12. The van der Waals surface area contributed by atoms with Gasteiger partial charge >= 0.3 is 0 Å². The van der Waals surface area contributed by atoms with Gasteiger partial charge in [0, 0.05) is 20.2 Å². The van der Waals surface area contributed by atoms with Gasteiger partial charge in [0.1, 0.15) is 17.0 Å². The number of methoxy groups -OCH3 is 1. The molecule has 2 aromatic rings. The summed E-state index contributed by atoms with van der Waals surface area (Å²) in [4.78, 5) is 6.09. The second kappa shape index (κ2) is 3.30. The van der Waals surface area contributed by atoms with Gasteiger partial charge in [-0.25, -0.2) is 0 Å². The van der Waals surface area contributed by atoms with Gasteiger partial charge in [-0.2, -0.15) is 4.98 Å². The zero-order valence-electron chi connectivity index (χ0n) is 8.81. The van der Waals surface area contributed by atoms with Crippen molar-refractivity contribution in [3.8, 4) is 5.75 Å². The molecule has 80 valence electrons. The number of anilines is 2. The van der Waals surface area contributed by atoms with E-state index in [1.54, 1.807) is 13.2 Å². The molecule has 0 radical (unpaired) electrons. The van der Waals surface area contributed by atoms with Gasteiger partial charge in [0.2, 0.25) is 0 Å². The van der Waals surface area contributed by atoms with Gasteiger partial charge in [0.25, 0.3) is 5.71 Å². The molecule has 0 amide bonds. The lowest BCUT2D eigenvalue weighted by atomic mass is 10.3. The van der Waals surface area contributed by atoms with Crippen molar-refractivity contribution in [3.63, 3.8) is 0 Å². The summed E-state index contributed by atoms with van der Waals surface area (Å²) in [5, 5.41) is 4.26. The van der Waals surface area contributed by atoms with Crippen molar-refractivity contribution >= 4 is 22.7 Å². The molecule has 0 bridgehead atoms. The molecular formula is C9H12N4O2. The average Bonchev–Trinajstić information content (AvgIpc) is 2.59. The van der Waals surface area contributed by atoms with E-state index in [2.05, 4.69) is 10.1 Å². The Morgan fingerprint density at radius 3 is 2.80 bits per heavy atom. The third-order valence-electron chi connectivity index (χ3n) is 2.10. The fourth-order valence-electron chi connectivity index (χ4n) is 1.32. The molecule has 0 aliphatic heterocycles. The van der Waals surface area contributed by atoms with Gasteiger partial charge < -0.3 is 19.9 Å². The van der Waals surface area contributed by atoms with Gasteiger partial charge in [-0.05, 0) is 0 Å². The number of fused-ring (bicyclic) bond motifs is 1. The summed E-state index contributed by atoms with van der Waals surface area (Å²) in [6.07, 6.45) is 0. The van der Waals surface area contributed by atoms with Crippen molar-refractivity contribution in [1.29, 1.82) is 0 Å². The maximum atomic E-state index is 5.64. The van der Waals surface area contributed by atoms with Crippen molar-refractivity contribution in [2.24, 2.45) is 0 Å². The van der Waals surface area contributed by atoms with Crippen molar-refractivity contribution in [3.05, 3.63) is 6.07 Å². The first-order valence-electron chi connectivity index (χ1n) is 4.40. The molecular weight excluding hydrogens is 196 g/mol. The topological polar surface area (TPSA) is 77.4 Å². The van der Waals surface area contributed by atoms with Crippen molar-refractivity contribution < 1.29 is 9.26 Å². The number of pyridine rings is 1. The molecule has 0 unspecified atom stereocenters. The molecule has 0 spiro atoms. The van der Waals surface area contributed by atoms with E-state index < -0.39 is 0 Å². The Hall–Kier alpha value is -1.98. The quantitative estimate of drug-likeness (QED) is 0.789. The zero-order valence-corrected chi connectivity index (χ0v) is 8.81. The minimum absolute atomic E-state index is 0.291. The number of aromatic nitrogens is 2. The highest BCUT2D eigenvalue weighted by molar-refractivity contribution is 5.91. The summed E-state index contributed by atoms with van der Waals surface area (Å²) in [7, 11) is 5.33. The van der Waals surface area contributed by atoms with Crippen LogP contribution in [-0.2, 0) is 0 Å². The highest BCUT2D eigenvalue weighted by Crippen LogP contribution is 2.31. The second-order valence-corrected chi connectivity index (χ2v) is 3.33. The van der Waals surface area contributed by atoms with Crippen molar-refractivity contribution in [2.75, 3.05) is 31.8 Å². The number of nitrogens with zero attached hydrogens (tertiary/aromatic N) is 3. The van der Waals surface area contributed by atoms with Crippen molar-refractivity contribution in [1.82, 2.24) is 10.1 Å². The van der Waals surface area contributed by atoms with E-state index in [0.717, 1.165) is 5.82 Å². The Labute approximate surface area is 86.6 Å². The Kier molecular flexibility index (Phi) is 2.11. The molecule has 0 aliphatic rings. The van der Waals surface area contributed by atoms with Gasteiger partial charge in [-0.1, -0.05) is 5.16 Å². The second-order valence-electron chi connectivity index (χ2n) is 3.33. The molecule has 0 aliphatic carbocycles. The highest BCUT2D eigenvalue weighted by Gasteiger charge is 2.15. The Bertz CT molecular complexity index is 492. The van der Waals surface area contributed by atoms with Crippen LogP contribution in [0.2, 0.25) is 0 Å². The smallest absolute Gasteiger partial charge is 0.265 e. The molecule has 0 saturated heterocycles. The molecule has 2 aromatic heterocycles.